The number of fused-ring (bicyclic) bond motifs is 1. The number of thiophene rings is 1. The van der Waals surface area contributed by atoms with E-state index in [0.29, 0.717) is 5.82 Å². The zero-order valence-corrected chi connectivity index (χ0v) is 14.8. The highest BCUT2D eigenvalue weighted by Gasteiger charge is 2.16. The molecule has 6 heteroatoms. The Morgan fingerprint density at radius 2 is 1.96 bits per heavy atom. The van der Waals surface area contributed by atoms with E-state index in [2.05, 4.69) is 39.7 Å². The molecule has 0 bridgehead atoms. The van der Waals surface area contributed by atoms with Crippen LogP contribution in [-0.2, 0) is 4.79 Å². The van der Waals surface area contributed by atoms with Crippen molar-refractivity contribution >= 4 is 33.3 Å². The lowest BCUT2D eigenvalue weighted by molar-refractivity contribution is -0.119. The minimum atomic E-state index is -0.0482. The van der Waals surface area contributed by atoms with Crippen molar-refractivity contribution in [2.24, 2.45) is 0 Å². The van der Waals surface area contributed by atoms with Gasteiger partial charge < -0.3 is 10.6 Å². The van der Waals surface area contributed by atoms with Crippen molar-refractivity contribution in [3.05, 3.63) is 42.2 Å². The number of nitrogens with zero attached hydrogens (tertiary/aromatic N) is 2. The maximum Gasteiger partial charge on any atom is 0.239 e. The van der Waals surface area contributed by atoms with Crippen molar-refractivity contribution in [2.75, 3.05) is 11.9 Å². The summed E-state index contributed by atoms with van der Waals surface area (Å²) in [6.07, 6.45) is 1.54. The van der Waals surface area contributed by atoms with Gasteiger partial charge in [-0.3, -0.25) is 4.79 Å². The monoisotopic (exact) mass is 340 g/mol. The lowest BCUT2D eigenvalue weighted by atomic mass is 10.1. The largest absolute Gasteiger partial charge is 0.360 e. The third kappa shape index (κ3) is 3.38. The maximum atomic E-state index is 11.9. The Hall–Kier alpha value is -2.47. The lowest BCUT2D eigenvalue weighted by Crippen LogP contribution is -2.35. The van der Waals surface area contributed by atoms with Crippen molar-refractivity contribution in [1.82, 2.24) is 15.3 Å². The summed E-state index contributed by atoms with van der Waals surface area (Å²) in [4.78, 5) is 22.7. The number of rotatable bonds is 5. The highest BCUT2D eigenvalue weighted by molar-refractivity contribution is 7.22. The van der Waals surface area contributed by atoms with Gasteiger partial charge in [0.05, 0.1) is 11.9 Å². The van der Waals surface area contributed by atoms with E-state index in [4.69, 9.17) is 0 Å². The molecule has 3 rings (SSSR count). The molecule has 0 aliphatic rings. The van der Waals surface area contributed by atoms with Gasteiger partial charge in [-0.05, 0) is 31.9 Å². The second kappa shape index (κ2) is 6.97. The fourth-order valence-corrected chi connectivity index (χ4v) is 3.76. The summed E-state index contributed by atoms with van der Waals surface area (Å²) in [6, 6.07) is 10.4. The van der Waals surface area contributed by atoms with E-state index in [1.165, 1.54) is 16.8 Å². The van der Waals surface area contributed by atoms with Crippen molar-refractivity contribution in [3.8, 4) is 10.4 Å². The van der Waals surface area contributed by atoms with Crippen LogP contribution >= 0.6 is 11.3 Å². The van der Waals surface area contributed by atoms with Gasteiger partial charge in [0.2, 0.25) is 5.91 Å². The van der Waals surface area contributed by atoms with Gasteiger partial charge in [-0.2, -0.15) is 0 Å². The summed E-state index contributed by atoms with van der Waals surface area (Å²) in [6.45, 7) is 6.15. The first-order chi connectivity index (χ1) is 11.6. The first-order valence-corrected chi connectivity index (χ1v) is 8.70. The van der Waals surface area contributed by atoms with Crippen LogP contribution < -0.4 is 10.6 Å². The molecule has 5 nitrogen and oxygen atoms in total. The average Bonchev–Trinajstić information content (AvgIpc) is 2.91. The number of benzene rings is 1. The fraction of sp³-hybridized carbons (Fsp3) is 0.278. The van der Waals surface area contributed by atoms with Crippen LogP contribution in [-0.4, -0.2) is 28.5 Å². The van der Waals surface area contributed by atoms with E-state index >= 15 is 0 Å². The second-order valence-corrected chi connectivity index (χ2v) is 6.90. The van der Waals surface area contributed by atoms with E-state index in [0.717, 1.165) is 15.8 Å². The number of nitrogens with one attached hydrogen (secondary N) is 2. The van der Waals surface area contributed by atoms with Gasteiger partial charge in [-0.15, -0.1) is 11.3 Å². The van der Waals surface area contributed by atoms with E-state index in [9.17, 15) is 4.79 Å². The summed E-state index contributed by atoms with van der Waals surface area (Å²) >= 11 is 1.64. The van der Waals surface area contributed by atoms with Crippen LogP contribution in [0.1, 0.15) is 19.4 Å². The third-order valence-electron chi connectivity index (χ3n) is 3.63. The summed E-state index contributed by atoms with van der Waals surface area (Å²) in [5, 5.41) is 6.99. The number of hydrogen-bond acceptors (Lipinski definition) is 5. The Labute approximate surface area is 145 Å². The topological polar surface area (TPSA) is 66.9 Å². The van der Waals surface area contributed by atoms with Gasteiger partial charge in [-0.1, -0.05) is 30.3 Å². The summed E-state index contributed by atoms with van der Waals surface area (Å²) in [7, 11) is 0. The molecule has 0 radical (unpaired) electrons. The molecule has 2 aromatic heterocycles. The Kier molecular flexibility index (Phi) is 4.76. The van der Waals surface area contributed by atoms with E-state index < -0.39 is 0 Å². The molecule has 0 saturated carbocycles. The number of aryl methyl sites for hydroxylation is 1. The van der Waals surface area contributed by atoms with E-state index in [-0.39, 0.29) is 18.5 Å². The Bertz CT molecular complexity index is 858. The molecule has 24 heavy (non-hydrogen) atoms. The molecule has 0 saturated heterocycles. The Balaban J connectivity index is 1.93. The number of aromatic nitrogens is 2. The van der Waals surface area contributed by atoms with Crippen molar-refractivity contribution in [2.45, 2.75) is 26.8 Å². The molecule has 1 amide bonds. The normalized spacial score (nSPS) is 11.0. The van der Waals surface area contributed by atoms with Gasteiger partial charge in [-0.25, -0.2) is 9.97 Å². The molecule has 2 heterocycles. The van der Waals surface area contributed by atoms with Crippen LogP contribution in [0, 0.1) is 6.92 Å². The maximum absolute atomic E-state index is 11.9. The minimum Gasteiger partial charge on any atom is -0.360 e. The highest BCUT2D eigenvalue weighted by atomic mass is 32.1. The smallest absolute Gasteiger partial charge is 0.239 e. The molecule has 0 fully saturated rings. The van der Waals surface area contributed by atoms with Gasteiger partial charge in [0.1, 0.15) is 17.0 Å². The molecule has 0 atom stereocenters. The van der Waals surface area contributed by atoms with Gasteiger partial charge in [0.15, 0.2) is 0 Å². The molecule has 1 aromatic carbocycles. The number of hydrogen-bond donors (Lipinski definition) is 2. The predicted octanol–water partition coefficient (Wildman–Crippen LogP) is 3.60. The molecular formula is C18H20N4OS. The third-order valence-corrected chi connectivity index (χ3v) is 4.88. The second-order valence-electron chi connectivity index (χ2n) is 5.90. The first-order valence-electron chi connectivity index (χ1n) is 7.89. The van der Waals surface area contributed by atoms with E-state index in [1.54, 1.807) is 11.3 Å². The van der Waals surface area contributed by atoms with Crippen LogP contribution in [0.5, 0.6) is 0 Å². The number of amides is 1. The number of carbonyl (C=O) groups excluding carboxylic acids is 1. The molecule has 124 valence electrons. The van der Waals surface area contributed by atoms with Crippen LogP contribution in [0.2, 0.25) is 0 Å². The van der Waals surface area contributed by atoms with Crippen LogP contribution in [0.4, 0.5) is 5.82 Å². The van der Waals surface area contributed by atoms with Crippen molar-refractivity contribution in [1.29, 1.82) is 0 Å². The fourth-order valence-electron chi connectivity index (χ4n) is 2.61. The van der Waals surface area contributed by atoms with Crippen molar-refractivity contribution in [3.63, 3.8) is 0 Å². The SMILES string of the molecule is Cc1c(-c2ccccc2)sc2ncnc(NCC(=O)NC(C)C)c12. The lowest BCUT2D eigenvalue weighted by Gasteiger charge is -2.10. The molecule has 3 aromatic rings. The van der Waals surface area contributed by atoms with Crippen LogP contribution in [0.3, 0.4) is 0 Å². The number of carbonyl (C=O) groups is 1. The molecular weight excluding hydrogens is 320 g/mol. The molecule has 0 spiro atoms. The van der Waals surface area contributed by atoms with Crippen LogP contribution in [0.25, 0.3) is 20.7 Å². The van der Waals surface area contributed by atoms with E-state index in [1.807, 2.05) is 32.0 Å². The quantitative estimate of drug-likeness (QED) is 0.745. The molecule has 0 aliphatic heterocycles. The molecule has 0 aliphatic carbocycles. The van der Waals surface area contributed by atoms with Gasteiger partial charge >= 0.3 is 0 Å². The Morgan fingerprint density at radius 3 is 2.67 bits per heavy atom. The zero-order valence-electron chi connectivity index (χ0n) is 14.0. The standard InChI is InChI=1S/C18H20N4OS/c1-11(2)22-14(23)9-19-17-15-12(3)16(13-7-5-4-6-8-13)24-18(15)21-10-20-17/h4-8,10-11H,9H2,1-3H3,(H,22,23)(H,19,20,21). The summed E-state index contributed by atoms with van der Waals surface area (Å²) in [5.41, 5.74) is 2.30. The Morgan fingerprint density at radius 1 is 1.21 bits per heavy atom. The average molecular weight is 340 g/mol. The number of anilines is 1. The zero-order chi connectivity index (χ0) is 17.1. The first kappa shape index (κ1) is 16.4. The highest BCUT2D eigenvalue weighted by Crippen LogP contribution is 2.39. The van der Waals surface area contributed by atoms with Gasteiger partial charge in [0.25, 0.3) is 0 Å². The predicted molar refractivity (Wildman–Crippen MR) is 99.4 cm³/mol. The minimum absolute atomic E-state index is 0.0482. The molecule has 2 N–H and O–H groups in total. The summed E-state index contributed by atoms with van der Waals surface area (Å²) in [5.74, 6) is 0.655. The molecule has 0 unspecified atom stereocenters. The van der Waals surface area contributed by atoms with Crippen LogP contribution in [0.15, 0.2) is 36.7 Å². The summed E-state index contributed by atoms with van der Waals surface area (Å²) < 4.78 is 0. The van der Waals surface area contributed by atoms with Gasteiger partial charge in [0, 0.05) is 10.9 Å². The van der Waals surface area contributed by atoms with Crippen molar-refractivity contribution < 1.29 is 4.79 Å².